The molecular formula is C17H16N4O2. The Morgan fingerprint density at radius 2 is 1.91 bits per heavy atom. The standard InChI is InChI=1S/C17H16N4O2/c1-12-15(16(22)19-14-9-5-6-10-18-14)17(23)21(20-12)11-13-7-3-2-4-8-13/h2-10,20H,11H2,1H3,(H,18,19,22). The van der Waals surface area contributed by atoms with Gasteiger partial charge in [-0.05, 0) is 24.6 Å². The lowest BCUT2D eigenvalue weighted by Crippen LogP contribution is -2.25. The fourth-order valence-electron chi connectivity index (χ4n) is 2.36. The third-order valence-electron chi connectivity index (χ3n) is 3.45. The van der Waals surface area contributed by atoms with Crippen molar-refractivity contribution in [2.75, 3.05) is 5.32 Å². The largest absolute Gasteiger partial charge is 0.306 e. The lowest BCUT2D eigenvalue weighted by Gasteiger charge is -2.02. The minimum Gasteiger partial charge on any atom is -0.306 e. The Hall–Kier alpha value is -3.15. The topological polar surface area (TPSA) is 79.8 Å². The van der Waals surface area contributed by atoms with Crippen LogP contribution in [0, 0.1) is 6.92 Å². The first-order valence-electron chi connectivity index (χ1n) is 7.21. The minimum absolute atomic E-state index is 0.103. The maximum atomic E-state index is 12.5. The van der Waals surface area contributed by atoms with Gasteiger partial charge in [-0.1, -0.05) is 36.4 Å². The number of aromatic amines is 1. The predicted molar refractivity (Wildman–Crippen MR) is 87.5 cm³/mol. The number of anilines is 1. The number of rotatable bonds is 4. The average Bonchev–Trinajstić information content (AvgIpc) is 2.83. The molecule has 2 aromatic heterocycles. The minimum atomic E-state index is -0.464. The van der Waals surface area contributed by atoms with Crippen molar-refractivity contribution in [3.63, 3.8) is 0 Å². The highest BCUT2D eigenvalue weighted by molar-refractivity contribution is 6.04. The van der Waals surface area contributed by atoms with Crippen LogP contribution < -0.4 is 10.9 Å². The number of amides is 1. The Labute approximate surface area is 132 Å². The van der Waals surface area contributed by atoms with E-state index < -0.39 is 5.91 Å². The Balaban J connectivity index is 1.86. The van der Waals surface area contributed by atoms with Crippen LogP contribution in [0.3, 0.4) is 0 Å². The molecule has 1 aromatic carbocycles. The molecule has 2 heterocycles. The maximum Gasteiger partial charge on any atom is 0.279 e. The Bertz CT molecular complexity index is 867. The first-order valence-corrected chi connectivity index (χ1v) is 7.21. The third-order valence-corrected chi connectivity index (χ3v) is 3.45. The molecule has 0 saturated heterocycles. The van der Waals surface area contributed by atoms with Crippen molar-refractivity contribution >= 4 is 11.7 Å². The molecule has 0 bridgehead atoms. The number of benzene rings is 1. The third kappa shape index (κ3) is 3.21. The molecule has 3 aromatic rings. The van der Waals surface area contributed by atoms with Crippen LogP contribution in [-0.4, -0.2) is 20.7 Å². The van der Waals surface area contributed by atoms with E-state index in [9.17, 15) is 9.59 Å². The zero-order valence-electron chi connectivity index (χ0n) is 12.6. The van der Waals surface area contributed by atoms with Crippen LogP contribution in [0.2, 0.25) is 0 Å². The van der Waals surface area contributed by atoms with E-state index in [1.54, 1.807) is 31.3 Å². The van der Waals surface area contributed by atoms with Crippen LogP contribution in [-0.2, 0) is 6.54 Å². The van der Waals surface area contributed by atoms with Gasteiger partial charge in [0, 0.05) is 11.9 Å². The second-order valence-electron chi connectivity index (χ2n) is 5.16. The van der Waals surface area contributed by atoms with Crippen LogP contribution in [0.15, 0.2) is 59.5 Å². The van der Waals surface area contributed by atoms with Crippen molar-refractivity contribution in [1.82, 2.24) is 14.8 Å². The zero-order valence-corrected chi connectivity index (χ0v) is 12.6. The number of nitrogens with one attached hydrogen (secondary N) is 2. The molecule has 0 aliphatic heterocycles. The molecule has 0 aliphatic rings. The highest BCUT2D eigenvalue weighted by Gasteiger charge is 2.19. The summed E-state index contributed by atoms with van der Waals surface area (Å²) < 4.78 is 1.43. The monoisotopic (exact) mass is 308 g/mol. The van der Waals surface area contributed by atoms with Crippen LogP contribution >= 0.6 is 0 Å². The molecule has 1 amide bonds. The van der Waals surface area contributed by atoms with Gasteiger partial charge in [0.05, 0.1) is 6.54 Å². The number of H-pyrrole nitrogens is 1. The fourth-order valence-corrected chi connectivity index (χ4v) is 2.36. The van der Waals surface area contributed by atoms with E-state index in [1.807, 2.05) is 30.3 Å². The van der Waals surface area contributed by atoms with Crippen LogP contribution in [0.25, 0.3) is 0 Å². The molecule has 6 nitrogen and oxygen atoms in total. The number of aromatic nitrogens is 3. The summed E-state index contributed by atoms with van der Waals surface area (Å²) in [6.45, 7) is 2.09. The highest BCUT2D eigenvalue weighted by atomic mass is 16.2. The quantitative estimate of drug-likeness (QED) is 0.775. The number of hydrogen-bond acceptors (Lipinski definition) is 3. The fraction of sp³-hybridized carbons (Fsp3) is 0.118. The molecule has 0 spiro atoms. The number of nitrogens with zero attached hydrogens (tertiary/aromatic N) is 2. The summed E-state index contributed by atoms with van der Waals surface area (Å²) in [6, 6.07) is 14.8. The number of carbonyl (C=O) groups is 1. The molecule has 0 atom stereocenters. The Kier molecular flexibility index (Phi) is 4.05. The van der Waals surface area contributed by atoms with Crippen molar-refractivity contribution in [3.05, 3.63) is 81.9 Å². The van der Waals surface area contributed by atoms with Crippen LogP contribution in [0.5, 0.6) is 0 Å². The van der Waals surface area contributed by atoms with Gasteiger partial charge in [-0.25, -0.2) is 9.67 Å². The van der Waals surface area contributed by atoms with Gasteiger partial charge in [-0.3, -0.25) is 14.7 Å². The van der Waals surface area contributed by atoms with Gasteiger partial charge in [0.25, 0.3) is 11.5 Å². The van der Waals surface area contributed by atoms with E-state index >= 15 is 0 Å². The van der Waals surface area contributed by atoms with Gasteiger partial charge in [-0.2, -0.15) is 0 Å². The normalized spacial score (nSPS) is 10.5. The number of hydrogen-bond donors (Lipinski definition) is 2. The molecule has 6 heteroatoms. The van der Waals surface area contributed by atoms with Gasteiger partial charge in [0.1, 0.15) is 11.4 Å². The Morgan fingerprint density at radius 3 is 2.61 bits per heavy atom. The van der Waals surface area contributed by atoms with Gasteiger partial charge >= 0.3 is 0 Å². The second-order valence-corrected chi connectivity index (χ2v) is 5.16. The van der Waals surface area contributed by atoms with Gasteiger partial charge in [-0.15, -0.1) is 0 Å². The van der Waals surface area contributed by atoms with Crippen LogP contribution in [0.4, 0.5) is 5.82 Å². The predicted octanol–water partition coefficient (Wildman–Crippen LogP) is 2.18. The van der Waals surface area contributed by atoms with Crippen molar-refractivity contribution in [2.45, 2.75) is 13.5 Å². The molecule has 3 rings (SSSR count). The van der Waals surface area contributed by atoms with E-state index in [2.05, 4.69) is 15.4 Å². The highest BCUT2D eigenvalue weighted by Crippen LogP contribution is 2.07. The molecule has 2 N–H and O–H groups in total. The summed E-state index contributed by atoms with van der Waals surface area (Å²) in [5, 5.41) is 5.58. The maximum absolute atomic E-state index is 12.5. The lowest BCUT2D eigenvalue weighted by atomic mass is 10.2. The first-order chi connectivity index (χ1) is 11.1. The number of pyridine rings is 1. The molecule has 0 aliphatic carbocycles. The summed E-state index contributed by atoms with van der Waals surface area (Å²) in [4.78, 5) is 28.8. The lowest BCUT2D eigenvalue weighted by molar-refractivity contribution is 0.102. The van der Waals surface area contributed by atoms with E-state index in [0.717, 1.165) is 5.56 Å². The first kappa shape index (κ1) is 14.8. The Morgan fingerprint density at radius 1 is 1.17 bits per heavy atom. The summed E-state index contributed by atoms with van der Waals surface area (Å²) in [6.07, 6.45) is 1.58. The van der Waals surface area contributed by atoms with Crippen molar-refractivity contribution < 1.29 is 4.79 Å². The van der Waals surface area contributed by atoms with Gasteiger partial charge < -0.3 is 5.32 Å². The smallest absolute Gasteiger partial charge is 0.279 e. The molecule has 0 radical (unpaired) electrons. The number of carbonyl (C=O) groups excluding carboxylic acids is 1. The van der Waals surface area contributed by atoms with Gasteiger partial charge in [0.2, 0.25) is 0 Å². The molecule has 116 valence electrons. The second kappa shape index (κ2) is 6.31. The van der Waals surface area contributed by atoms with Gasteiger partial charge in [0.15, 0.2) is 0 Å². The van der Waals surface area contributed by atoms with Crippen molar-refractivity contribution in [1.29, 1.82) is 0 Å². The average molecular weight is 308 g/mol. The summed E-state index contributed by atoms with van der Waals surface area (Å²) in [5.41, 5.74) is 1.26. The van der Waals surface area contributed by atoms with Crippen molar-refractivity contribution in [2.24, 2.45) is 0 Å². The van der Waals surface area contributed by atoms with E-state index in [1.165, 1.54) is 4.68 Å². The molecule has 0 fully saturated rings. The SMILES string of the molecule is Cc1[nH]n(Cc2ccccc2)c(=O)c1C(=O)Nc1ccccn1. The van der Waals surface area contributed by atoms with Crippen molar-refractivity contribution in [3.8, 4) is 0 Å². The molecular weight excluding hydrogens is 292 g/mol. The molecule has 0 unspecified atom stereocenters. The molecule has 23 heavy (non-hydrogen) atoms. The van der Waals surface area contributed by atoms with Crippen LogP contribution in [0.1, 0.15) is 21.6 Å². The summed E-state index contributed by atoms with van der Waals surface area (Å²) in [7, 11) is 0. The van der Waals surface area contributed by atoms with E-state index in [0.29, 0.717) is 18.1 Å². The number of aryl methyl sites for hydroxylation is 1. The zero-order chi connectivity index (χ0) is 16.2. The molecule has 0 saturated carbocycles. The summed E-state index contributed by atoms with van der Waals surface area (Å²) >= 11 is 0. The summed E-state index contributed by atoms with van der Waals surface area (Å²) in [5.74, 6) is -0.0543. The van der Waals surface area contributed by atoms with E-state index in [4.69, 9.17) is 0 Å². The van der Waals surface area contributed by atoms with E-state index in [-0.39, 0.29) is 11.1 Å².